The zero-order valence-electron chi connectivity index (χ0n) is 20.2. The van der Waals surface area contributed by atoms with Gasteiger partial charge >= 0.3 is 6.09 Å². The van der Waals surface area contributed by atoms with Gasteiger partial charge in [0, 0.05) is 0 Å². The van der Waals surface area contributed by atoms with Crippen molar-refractivity contribution in [2.75, 3.05) is 13.2 Å². The van der Waals surface area contributed by atoms with Crippen molar-refractivity contribution in [2.45, 2.75) is 70.7 Å². The molecule has 2 atom stereocenters. The fraction of sp³-hybridized carbons (Fsp3) is 0.500. The minimum atomic E-state index is -2.71. The molecule has 5 nitrogen and oxygen atoms in total. The predicted molar refractivity (Wildman–Crippen MR) is 131 cm³/mol. The van der Waals surface area contributed by atoms with Gasteiger partial charge in [0.1, 0.15) is 5.60 Å². The maximum atomic E-state index is 12.8. The van der Waals surface area contributed by atoms with E-state index in [4.69, 9.17) is 9.16 Å². The van der Waals surface area contributed by atoms with Crippen molar-refractivity contribution in [3.63, 3.8) is 0 Å². The lowest BCUT2D eigenvalue weighted by molar-refractivity contribution is 0.0169. The van der Waals surface area contributed by atoms with Crippen LogP contribution in [0.3, 0.4) is 0 Å². The van der Waals surface area contributed by atoms with Crippen molar-refractivity contribution in [2.24, 2.45) is 0 Å². The van der Waals surface area contributed by atoms with Crippen LogP contribution in [0.25, 0.3) is 0 Å². The number of rotatable bonds is 5. The summed E-state index contributed by atoms with van der Waals surface area (Å²) in [6, 6.07) is 20.6. The minimum absolute atomic E-state index is 0.149. The van der Waals surface area contributed by atoms with Crippen LogP contribution in [0, 0.1) is 0 Å². The third-order valence-electron chi connectivity index (χ3n) is 5.93. The average Bonchev–Trinajstić information content (AvgIpc) is 3.09. The first-order chi connectivity index (χ1) is 14.9. The molecular weight excluding hydrogens is 418 g/mol. The molecule has 1 amide bonds. The van der Waals surface area contributed by atoms with Crippen LogP contribution in [-0.4, -0.2) is 55.3 Å². The highest BCUT2D eigenvalue weighted by molar-refractivity contribution is 6.99. The fourth-order valence-electron chi connectivity index (χ4n) is 4.58. The summed E-state index contributed by atoms with van der Waals surface area (Å²) in [4.78, 5) is 14.5. The lowest BCUT2D eigenvalue weighted by atomic mass is 10.2. The van der Waals surface area contributed by atoms with E-state index in [1.54, 1.807) is 4.90 Å². The Bertz CT molecular complexity index is 850. The maximum absolute atomic E-state index is 12.8. The Hall–Kier alpha value is -2.15. The molecule has 0 bridgehead atoms. The lowest BCUT2D eigenvalue weighted by Crippen LogP contribution is -2.67. The van der Waals surface area contributed by atoms with E-state index in [0.717, 1.165) is 0 Å². The molecule has 1 aliphatic heterocycles. The zero-order valence-corrected chi connectivity index (χ0v) is 21.2. The van der Waals surface area contributed by atoms with Gasteiger partial charge in [-0.3, -0.25) is 0 Å². The summed E-state index contributed by atoms with van der Waals surface area (Å²) >= 11 is 0. The van der Waals surface area contributed by atoms with E-state index in [2.05, 4.69) is 69.3 Å². The van der Waals surface area contributed by atoms with Gasteiger partial charge in [-0.15, -0.1) is 0 Å². The number of aliphatic hydroxyl groups excluding tert-OH is 1. The standard InChI is InChI=1S/C26H37NO4Si/c1-25(2,3)31-24(29)27-18-21(28)17-20(27)19-30-32(26(4,5)6,22-13-9-7-10-14-22)23-15-11-8-12-16-23/h7-16,20-21,28H,17-19H2,1-6H3/t20-,21-/m0/s1. The molecular formula is C26H37NO4Si. The summed E-state index contributed by atoms with van der Waals surface area (Å²) in [5, 5.41) is 12.6. The molecule has 1 aliphatic rings. The summed E-state index contributed by atoms with van der Waals surface area (Å²) in [7, 11) is -2.71. The van der Waals surface area contributed by atoms with Crippen LogP contribution < -0.4 is 10.4 Å². The molecule has 2 aromatic rings. The van der Waals surface area contributed by atoms with Crippen LogP contribution in [0.15, 0.2) is 60.7 Å². The summed E-state index contributed by atoms with van der Waals surface area (Å²) in [6.07, 6.45) is -0.488. The Morgan fingerprint density at radius 1 is 0.969 bits per heavy atom. The highest BCUT2D eigenvalue weighted by Gasteiger charge is 2.51. The van der Waals surface area contributed by atoms with Crippen LogP contribution in [0.2, 0.25) is 5.04 Å². The Kier molecular flexibility index (Phi) is 7.17. The number of β-amino-alcohol motifs (C(OH)–C–C–N with tert-alkyl or cyclic N) is 1. The normalized spacial score (nSPS) is 19.8. The first kappa shape index (κ1) is 24.5. The molecule has 3 rings (SSSR count). The number of nitrogens with zero attached hydrogens (tertiary/aromatic N) is 1. The topological polar surface area (TPSA) is 59.0 Å². The van der Waals surface area contributed by atoms with Gasteiger partial charge in [0.2, 0.25) is 0 Å². The van der Waals surface area contributed by atoms with Gasteiger partial charge in [0.15, 0.2) is 0 Å². The van der Waals surface area contributed by atoms with E-state index < -0.39 is 26.1 Å². The SMILES string of the molecule is CC(C)(C)OC(=O)N1C[C@@H](O)C[C@H]1CO[Si](c1ccccc1)(c1ccccc1)C(C)(C)C. The molecule has 0 spiro atoms. The number of ether oxygens (including phenoxy) is 1. The van der Waals surface area contributed by atoms with E-state index in [-0.39, 0.29) is 17.6 Å². The number of amides is 1. The van der Waals surface area contributed by atoms with E-state index in [1.165, 1.54) is 10.4 Å². The van der Waals surface area contributed by atoms with E-state index in [0.29, 0.717) is 13.0 Å². The van der Waals surface area contributed by atoms with Crippen LogP contribution in [0.5, 0.6) is 0 Å². The second-order valence-corrected chi connectivity index (χ2v) is 15.0. The van der Waals surface area contributed by atoms with Crippen molar-refractivity contribution >= 4 is 24.8 Å². The molecule has 174 valence electrons. The van der Waals surface area contributed by atoms with Crippen molar-refractivity contribution in [1.29, 1.82) is 0 Å². The van der Waals surface area contributed by atoms with Crippen LogP contribution >= 0.6 is 0 Å². The number of aliphatic hydroxyl groups is 1. The van der Waals surface area contributed by atoms with Gasteiger partial charge in [-0.05, 0) is 42.6 Å². The zero-order chi connectivity index (χ0) is 23.6. The highest BCUT2D eigenvalue weighted by Crippen LogP contribution is 2.37. The summed E-state index contributed by atoms with van der Waals surface area (Å²) in [5.41, 5.74) is -0.589. The Morgan fingerprint density at radius 2 is 1.47 bits per heavy atom. The largest absolute Gasteiger partial charge is 0.444 e. The summed E-state index contributed by atoms with van der Waals surface area (Å²) in [5.74, 6) is 0. The highest BCUT2D eigenvalue weighted by atomic mass is 28.4. The Labute approximate surface area is 193 Å². The van der Waals surface area contributed by atoms with Gasteiger partial charge in [0.05, 0.1) is 25.3 Å². The van der Waals surface area contributed by atoms with Crippen LogP contribution in [0.1, 0.15) is 48.0 Å². The minimum Gasteiger partial charge on any atom is -0.444 e. The summed E-state index contributed by atoms with van der Waals surface area (Å²) in [6.45, 7) is 12.9. The number of hydrogen-bond donors (Lipinski definition) is 1. The third-order valence-corrected chi connectivity index (χ3v) is 10.9. The summed E-state index contributed by atoms with van der Waals surface area (Å²) < 4.78 is 12.6. The molecule has 1 saturated heterocycles. The third kappa shape index (κ3) is 5.25. The molecule has 1 fully saturated rings. The van der Waals surface area contributed by atoms with E-state index >= 15 is 0 Å². The van der Waals surface area contributed by atoms with E-state index in [9.17, 15) is 9.90 Å². The first-order valence-electron chi connectivity index (χ1n) is 11.4. The number of benzene rings is 2. The smallest absolute Gasteiger partial charge is 0.410 e. The predicted octanol–water partition coefficient (Wildman–Crippen LogP) is 3.93. The molecule has 0 unspecified atom stereocenters. The molecule has 6 heteroatoms. The van der Waals surface area contributed by atoms with Crippen molar-refractivity contribution in [3.05, 3.63) is 60.7 Å². The van der Waals surface area contributed by atoms with Gasteiger partial charge < -0.3 is 19.2 Å². The number of carbonyl (C=O) groups excluding carboxylic acids is 1. The average molecular weight is 456 g/mol. The second kappa shape index (κ2) is 9.38. The van der Waals surface area contributed by atoms with Crippen molar-refractivity contribution in [3.8, 4) is 0 Å². The van der Waals surface area contributed by atoms with E-state index in [1.807, 2.05) is 32.9 Å². The van der Waals surface area contributed by atoms with Crippen molar-refractivity contribution < 1.29 is 19.1 Å². The molecule has 0 aliphatic carbocycles. The molecule has 1 heterocycles. The molecule has 0 aromatic heterocycles. The molecule has 0 radical (unpaired) electrons. The second-order valence-electron chi connectivity index (χ2n) is 10.7. The number of carbonyl (C=O) groups is 1. The number of likely N-dealkylation sites (tertiary alicyclic amines) is 1. The fourth-order valence-corrected chi connectivity index (χ4v) is 9.17. The first-order valence-corrected chi connectivity index (χ1v) is 13.3. The molecule has 2 aromatic carbocycles. The maximum Gasteiger partial charge on any atom is 0.410 e. The molecule has 1 N–H and O–H groups in total. The van der Waals surface area contributed by atoms with Crippen LogP contribution in [0.4, 0.5) is 4.79 Å². The van der Waals surface area contributed by atoms with Crippen LogP contribution in [-0.2, 0) is 9.16 Å². The lowest BCUT2D eigenvalue weighted by Gasteiger charge is -2.44. The van der Waals surface area contributed by atoms with Gasteiger partial charge in [-0.25, -0.2) is 4.79 Å². The van der Waals surface area contributed by atoms with Gasteiger partial charge in [0.25, 0.3) is 8.32 Å². The molecule has 32 heavy (non-hydrogen) atoms. The Balaban J connectivity index is 1.96. The van der Waals surface area contributed by atoms with Gasteiger partial charge in [-0.1, -0.05) is 81.4 Å². The Morgan fingerprint density at radius 3 is 1.91 bits per heavy atom. The van der Waals surface area contributed by atoms with Gasteiger partial charge in [-0.2, -0.15) is 0 Å². The quantitative estimate of drug-likeness (QED) is 0.694. The number of hydrogen-bond acceptors (Lipinski definition) is 4. The monoisotopic (exact) mass is 455 g/mol. The molecule has 0 saturated carbocycles. The van der Waals surface area contributed by atoms with Crippen molar-refractivity contribution in [1.82, 2.24) is 4.90 Å².